The molecular weight excluding hydrogens is 378 g/mol. The van der Waals surface area contributed by atoms with Gasteiger partial charge >= 0.3 is 5.97 Å². The Hall–Kier alpha value is -1.92. The Balaban J connectivity index is 1.79. The van der Waals surface area contributed by atoms with E-state index in [1.165, 1.54) is 28.5 Å². The Morgan fingerprint density at radius 2 is 1.70 bits per heavy atom. The number of carbonyl (C=O) groups excluding carboxylic acids is 1. The monoisotopic (exact) mass is 403 g/mol. The van der Waals surface area contributed by atoms with Crippen LogP contribution < -0.4 is 5.32 Å². The van der Waals surface area contributed by atoms with Crippen molar-refractivity contribution in [3.63, 3.8) is 0 Å². The average molecular weight is 404 g/mol. The van der Waals surface area contributed by atoms with Crippen molar-refractivity contribution in [2.75, 3.05) is 17.3 Å². The molecule has 0 heterocycles. The van der Waals surface area contributed by atoms with Crippen molar-refractivity contribution < 1.29 is 14.7 Å². The van der Waals surface area contributed by atoms with Crippen LogP contribution in [0.3, 0.4) is 0 Å². The summed E-state index contributed by atoms with van der Waals surface area (Å²) in [5.74, 6) is -0.0357. The first-order chi connectivity index (χ1) is 13.0. The second-order valence-corrected chi connectivity index (χ2v) is 7.89. The van der Waals surface area contributed by atoms with Crippen molar-refractivity contribution in [3.05, 3.63) is 60.2 Å². The lowest BCUT2D eigenvalue weighted by molar-refractivity contribution is -0.141. The molecule has 144 valence electrons. The molecule has 0 aliphatic heterocycles. The maximum absolute atomic E-state index is 11.9. The second-order valence-electron chi connectivity index (χ2n) is 6.37. The molecule has 0 unspecified atom stereocenters. The van der Waals surface area contributed by atoms with E-state index in [4.69, 9.17) is 0 Å². The van der Waals surface area contributed by atoms with Crippen LogP contribution in [0.2, 0.25) is 0 Å². The zero-order chi connectivity index (χ0) is 19.6. The number of benzene rings is 2. The molecule has 2 rings (SSSR count). The van der Waals surface area contributed by atoms with E-state index in [1.807, 2.05) is 18.2 Å². The van der Waals surface area contributed by atoms with Crippen LogP contribution in [0.15, 0.2) is 54.6 Å². The van der Waals surface area contributed by atoms with Crippen LogP contribution in [0.4, 0.5) is 0 Å². The fourth-order valence-electron chi connectivity index (χ4n) is 2.46. The molecule has 2 aromatic carbocycles. The van der Waals surface area contributed by atoms with Crippen LogP contribution in [0.25, 0.3) is 11.1 Å². The van der Waals surface area contributed by atoms with Gasteiger partial charge in [0.25, 0.3) is 0 Å². The van der Waals surface area contributed by atoms with E-state index in [0.717, 1.165) is 12.2 Å². The lowest BCUT2D eigenvalue weighted by Crippen LogP contribution is -2.45. The first kappa shape index (κ1) is 21.4. The molecule has 0 saturated heterocycles. The van der Waals surface area contributed by atoms with Gasteiger partial charge in [-0.25, -0.2) is 4.79 Å². The maximum atomic E-state index is 11.9. The summed E-state index contributed by atoms with van der Waals surface area (Å²) in [5, 5.41) is 11.9. The number of carbonyl (C=O) groups is 2. The number of thioether (sulfide) groups is 1. The molecule has 0 aliphatic rings. The summed E-state index contributed by atoms with van der Waals surface area (Å²) in [7, 11) is 0. The topological polar surface area (TPSA) is 66.4 Å². The quantitative estimate of drug-likeness (QED) is 0.417. The van der Waals surface area contributed by atoms with Gasteiger partial charge in [-0.2, -0.15) is 24.4 Å². The van der Waals surface area contributed by atoms with Gasteiger partial charge in [-0.15, -0.1) is 0 Å². The summed E-state index contributed by atoms with van der Waals surface area (Å²) in [4.78, 5) is 23.2. The van der Waals surface area contributed by atoms with E-state index >= 15 is 0 Å². The van der Waals surface area contributed by atoms with Gasteiger partial charge in [0.05, 0.1) is 0 Å². The van der Waals surface area contributed by atoms with Gasteiger partial charge in [-0.3, -0.25) is 4.79 Å². The van der Waals surface area contributed by atoms with Gasteiger partial charge in [0.1, 0.15) is 6.04 Å². The highest BCUT2D eigenvalue weighted by atomic mass is 32.2. The Labute approximate surface area is 170 Å². The largest absolute Gasteiger partial charge is 0.480 e. The van der Waals surface area contributed by atoms with Crippen molar-refractivity contribution in [2.24, 2.45) is 5.92 Å². The number of hydrogen-bond donors (Lipinski definition) is 3. The van der Waals surface area contributed by atoms with Crippen molar-refractivity contribution >= 4 is 36.3 Å². The number of carboxylic acid groups (broad SMARTS) is 1. The Kier molecular flexibility index (Phi) is 8.75. The first-order valence-corrected chi connectivity index (χ1v) is 10.7. The third kappa shape index (κ3) is 6.96. The van der Waals surface area contributed by atoms with E-state index in [1.54, 1.807) is 6.92 Å². The molecule has 2 aromatic rings. The molecule has 0 aromatic heterocycles. The zero-order valence-electron chi connectivity index (χ0n) is 15.3. The molecule has 0 bridgehead atoms. The summed E-state index contributed by atoms with van der Waals surface area (Å²) in [6, 6.07) is 17.8. The van der Waals surface area contributed by atoms with Crippen LogP contribution in [-0.2, 0) is 16.0 Å². The number of amides is 1. The summed E-state index contributed by atoms with van der Waals surface area (Å²) in [6.45, 7) is 1.73. The number of carboxylic acids is 1. The Morgan fingerprint density at radius 3 is 2.30 bits per heavy atom. The minimum Gasteiger partial charge on any atom is -0.480 e. The van der Waals surface area contributed by atoms with Crippen LogP contribution in [0.5, 0.6) is 0 Å². The van der Waals surface area contributed by atoms with Crippen molar-refractivity contribution in [2.45, 2.75) is 19.4 Å². The molecule has 4 nitrogen and oxygen atoms in total. The van der Waals surface area contributed by atoms with Crippen LogP contribution in [0, 0.1) is 5.92 Å². The van der Waals surface area contributed by atoms with Gasteiger partial charge < -0.3 is 10.4 Å². The van der Waals surface area contributed by atoms with Crippen LogP contribution in [0.1, 0.15) is 12.5 Å². The predicted molar refractivity (Wildman–Crippen MR) is 115 cm³/mol. The average Bonchev–Trinajstić information content (AvgIpc) is 2.70. The lowest BCUT2D eigenvalue weighted by atomic mass is 10.0. The summed E-state index contributed by atoms with van der Waals surface area (Å²) in [5.41, 5.74) is 3.58. The van der Waals surface area contributed by atoms with Crippen molar-refractivity contribution in [1.29, 1.82) is 0 Å². The van der Waals surface area contributed by atoms with E-state index in [0.29, 0.717) is 11.5 Å². The fraction of sp³-hybridized carbons (Fsp3) is 0.333. The third-order valence-electron chi connectivity index (χ3n) is 4.22. The number of rotatable bonds is 10. The Bertz CT molecular complexity index is 735. The zero-order valence-corrected chi connectivity index (χ0v) is 17.0. The van der Waals surface area contributed by atoms with Gasteiger partial charge in [0, 0.05) is 17.4 Å². The third-order valence-corrected chi connectivity index (χ3v) is 5.83. The maximum Gasteiger partial charge on any atom is 0.327 e. The molecule has 0 radical (unpaired) electrons. The normalized spacial score (nSPS) is 13.0. The van der Waals surface area contributed by atoms with Gasteiger partial charge in [-0.1, -0.05) is 61.5 Å². The van der Waals surface area contributed by atoms with Gasteiger partial charge in [0.2, 0.25) is 5.91 Å². The summed E-state index contributed by atoms with van der Waals surface area (Å²) >= 11 is 5.60. The Morgan fingerprint density at radius 1 is 1.07 bits per heavy atom. The van der Waals surface area contributed by atoms with Crippen molar-refractivity contribution in [3.8, 4) is 11.1 Å². The molecule has 2 atom stereocenters. The van der Waals surface area contributed by atoms with Gasteiger partial charge in [0.15, 0.2) is 0 Å². The summed E-state index contributed by atoms with van der Waals surface area (Å²) in [6.07, 6.45) is 0.854. The molecule has 27 heavy (non-hydrogen) atoms. The molecular formula is C21H25NO3S2. The van der Waals surface area contributed by atoms with Crippen LogP contribution >= 0.6 is 24.4 Å². The molecule has 0 spiro atoms. The number of thiol groups is 1. The highest BCUT2D eigenvalue weighted by Gasteiger charge is 2.22. The number of aryl methyl sites for hydroxylation is 1. The number of aliphatic carboxylic acids is 1. The standard InChI is InChI=1S/C21H25NO3S2/c1-15(13-26)20(23)22-19(21(24)25)14-27-12-11-16-7-9-18(10-8-16)17-5-3-2-4-6-17/h2-10,15,19,26H,11-14H2,1H3,(H,22,23)(H,24,25)/t15-,19+/m1/s1. The van der Waals surface area contributed by atoms with Crippen molar-refractivity contribution in [1.82, 2.24) is 5.32 Å². The minimum absolute atomic E-state index is 0.269. The van der Waals surface area contributed by atoms with Crippen LogP contribution in [-0.4, -0.2) is 40.3 Å². The highest BCUT2D eigenvalue weighted by molar-refractivity contribution is 7.99. The molecule has 0 saturated carbocycles. The predicted octanol–water partition coefficient (Wildman–Crippen LogP) is 3.76. The first-order valence-electron chi connectivity index (χ1n) is 8.87. The minimum atomic E-state index is -1.01. The fourth-order valence-corrected chi connectivity index (χ4v) is 3.63. The van der Waals surface area contributed by atoms with E-state index in [-0.39, 0.29) is 11.8 Å². The summed E-state index contributed by atoms with van der Waals surface area (Å²) < 4.78 is 0. The number of hydrogen-bond acceptors (Lipinski definition) is 4. The van der Waals surface area contributed by atoms with E-state index in [2.05, 4.69) is 54.3 Å². The smallest absolute Gasteiger partial charge is 0.327 e. The highest BCUT2D eigenvalue weighted by Crippen LogP contribution is 2.20. The lowest BCUT2D eigenvalue weighted by Gasteiger charge is -2.16. The van der Waals surface area contributed by atoms with E-state index < -0.39 is 12.0 Å². The number of nitrogens with one attached hydrogen (secondary N) is 1. The molecule has 0 aliphatic carbocycles. The molecule has 6 heteroatoms. The van der Waals surface area contributed by atoms with E-state index in [9.17, 15) is 14.7 Å². The SMILES string of the molecule is C[C@H](CS)C(=O)N[C@@H](CSCCc1ccc(-c2ccccc2)cc1)C(=O)O. The molecule has 1 amide bonds. The molecule has 0 fully saturated rings. The van der Waals surface area contributed by atoms with Gasteiger partial charge in [-0.05, 0) is 28.9 Å². The second kappa shape index (κ2) is 11.0. The molecule has 2 N–H and O–H groups in total.